The molecule has 0 saturated carbocycles. The third-order valence-electron chi connectivity index (χ3n) is 3.84. The number of fused-ring (bicyclic) bond motifs is 3. The van der Waals surface area contributed by atoms with E-state index in [-0.39, 0.29) is 12.3 Å². The van der Waals surface area contributed by atoms with Crippen LogP contribution in [-0.4, -0.2) is 22.3 Å². The standard InChI is InChI=1S/C16H11ClFN3O/c17-10-5-6-14(18)20-16(10)21-7-12-15(13(22)8-21)9-3-1-2-4-11(9)19-12/h1-6,19H,7-8H2. The number of rotatable bonds is 1. The van der Waals surface area contributed by atoms with Gasteiger partial charge in [-0.2, -0.15) is 4.39 Å². The molecule has 0 saturated heterocycles. The topological polar surface area (TPSA) is 49.0 Å². The maximum Gasteiger partial charge on any atom is 0.214 e. The molecule has 110 valence electrons. The van der Waals surface area contributed by atoms with Crippen LogP contribution in [-0.2, 0) is 6.54 Å². The van der Waals surface area contributed by atoms with E-state index >= 15 is 0 Å². The van der Waals surface area contributed by atoms with Crippen molar-refractivity contribution < 1.29 is 9.18 Å². The first-order valence-electron chi connectivity index (χ1n) is 6.83. The number of carbonyl (C=O) groups is 1. The number of nitrogens with zero attached hydrogens (tertiary/aromatic N) is 2. The number of benzene rings is 1. The Morgan fingerprint density at radius 2 is 2.00 bits per heavy atom. The van der Waals surface area contributed by atoms with Crippen molar-refractivity contribution in [1.29, 1.82) is 0 Å². The third kappa shape index (κ3) is 1.97. The van der Waals surface area contributed by atoms with Crippen LogP contribution in [0.5, 0.6) is 0 Å². The zero-order valence-corrected chi connectivity index (χ0v) is 12.2. The molecule has 0 aliphatic carbocycles. The van der Waals surface area contributed by atoms with E-state index in [4.69, 9.17) is 11.6 Å². The molecule has 0 amide bonds. The van der Waals surface area contributed by atoms with Crippen LogP contribution in [0.1, 0.15) is 16.1 Å². The third-order valence-corrected chi connectivity index (χ3v) is 4.13. The molecule has 0 fully saturated rings. The van der Waals surface area contributed by atoms with Gasteiger partial charge in [0.15, 0.2) is 11.6 Å². The van der Waals surface area contributed by atoms with Gasteiger partial charge in [0.1, 0.15) is 0 Å². The van der Waals surface area contributed by atoms with Gasteiger partial charge < -0.3 is 9.88 Å². The van der Waals surface area contributed by atoms with Gasteiger partial charge in [-0.25, -0.2) is 4.98 Å². The molecule has 0 unspecified atom stereocenters. The van der Waals surface area contributed by atoms with E-state index in [0.29, 0.717) is 22.9 Å². The van der Waals surface area contributed by atoms with Crippen molar-refractivity contribution in [2.75, 3.05) is 11.4 Å². The summed E-state index contributed by atoms with van der Waals surface area (Å²) in [6, 6.07) is 10.3. The van der Waals surface area contributed by atoms with Crippen molar-refractivity contribution in [3.8, 4) is 0 Å². The molecule has 2 aromatic heterocycles. The van der Waals surface area contributed by atoms with Gasteiger partial charge >= 0.3 is 0 Å². The Kier molecular flexibility index (Phi) is 2.90. The predicted octanol–water partition coefficient (Wildman–Crippen LogP) is 3.56. The Balaban J connectivity index is 1.82. The molecular formula is C16H11ClFN3O. The number of Topliss-reactive ketones (excluding diaryl/α,β-unsaturated/α-hetero) is 1. The number of hydrogen-bond donors (Lipinski definition) is 1. The molecule has 1 N–H and O–H groups in total. The number of hydrogen-bond acceptors (Lipinski definition) is 3. The van der Waals surface area contributed by atoms with Gasteiger partial charge in [0.2, 0.25) is 5.95 Å². The minimum Gasteiger partial charge on any atom is -0.356 e. The second kappa shape index (κ2) is 4.81. The fraction of sp³-hybridized carbons (Fsp3) is 0.125. The fourth-order valence-corrected chi connectivity index (χ4v) is 3.14. The quantitative estimate of drug-likeness (QED) is 0.699. The summed E-state index contributed by atoms with van der Waals surface area (Å²) in [5, 5.41) is 1.24. The Morgan fingerprint density at radius 3 is 2.86 bits per heavy atom. The number of nitrogens with one attached hydrogen (secondary N) is 1. The summed E-state index contributed by atoms with van der Waals surface area (Å²) in [6.45, 7) is 0.566. The Morgan fingerprint density at radius 1 is 1.18 bits per heavy atom. The highest BCUT2D eigenvalue weighted by molar-refractivity contribution is 6.33. The van der Waals surface area contributed by atoms with Crippen molar-refractivity contribution in [2.24, 2.45) is 0 Å². The molecule has 4 nitrogen and oxygen atoms in total. The van der Waals surface area contributed by atoms with Crippen LogP contribution in [0.15, 0.2) is 36.4 Å². The number of H-pyrrole nitrogens is 1. The maximum atomic E-state index is 13.4. The molecule has 22 heavy (non-hydrogen) atoms. The van der Waals surface area contributed by atoms with Crippen molar-refractivity contribution in [3.05, 3.63) is 58.6 Å². The fourth-order valence-electron chi connectivity index (χ4n) is 2.91. The van der Waals surface area contributed by atoms with Gasteiger partial charge in [0, 0.05) is 22.2 Å². The molecule has 4 rings (SSSR count). The summed E-state index contributed by atoms with van der Waals surface area (Å²) in [5.41, 5.74) is 2.43. The lowest BCUT2D eigenvalue weighted by Gasteiger charge is -2.27. The molecule has 0 radical (unpaired) electrons. The van der Waals surface area contributed by atoms with Gasteiger partial charge in [-0.05, 0) is 18.2 Å². The van der Waals surface area contributed by atoms with Gasteiger partial charge in [0.25, 0.3) is 0 Å². The van der Waals surface area contributed by atoms with Crippen LogP contribution in [0.3, 0.4) is 0 Å². The normalized spacial score (nSPS) is 14.5. The summed E-state index contributed by atoms with van der Waals surface area (Å²) >= 11 is 6.09. The highest BCUT2D eigenvalue weighted by atomic mass is 35.5. The monoisotopic (exact) mass is 315 g/mol. The molecule has 0 spiro atoms. The van der Waals surface area contributed by atoms with E-state index in [2.05, 4.69) is 9.97 Å². The lowest BCUT2D eigenvalue weighted by atomic mass is 10.0. The SMILES string of the molecule is O=C1CN(c2nc(F)ccc2Cl)Cc2[nH]c3ccccc3c21. The Labute approximate surface area is 130 Å². The molecule has 0 atom stereocenters. The summed E-state index contributed by atoms with van der Waals surface area (Å²) in [7, 11) is 0. The Bertz CT molecular complexity index is 906. The average molecular weight is 316 g/mol. The zero-order chi connectivity index (χ0) is 15.3. The maximum absolute atomic E-state index is 13.4. The first kappa shape index (κ1) is 13.3. The van der Waals surface area contributed by atoms with Crippen molar-refractivity contribution in [2.45, 2.75) is 6.54 Å². The largest absolute Gasteiger partial charge is 0.356 e. The first-order valence-corrected chi connectivity index (χ1v) is 7.21. The van der Waals surface area contributed by atoms with Gasteiger partial charge in [-0.1, -0.05) is 29.8 Å². The number of anilines is 1. The number of carbonyl (C=O) groups excluding carboxylic acids is 1. The molecule has 1 aliphatic rings. The van der Waals surface area contributed by atoms with Crippen LogP contribution < -0.4 is 4.90 Å². The number of para-hydroxylation sites is 1. The average Bonchev–Trinajstić information content (AvgIpc) is 2.88. The molecule has 1 aliphatic heterocycles. The number of aromatic nitrogens is 2. The lowest BCUT2D eigenvalue weighted by molar-refractivity contribution is 0.0993. The highest BCUT2D eigenvalue weighted by Crippen LogP contribution is 2.32. The van der Waals surface area contributed by atoms with Gasteiger partial charge in [0.05, 0.1) is 18.1 Å². The summed E-state index contributed by atoms with van der Waals surface area (Å²) in [4.78, 5) is 21.3. The lowest BCUT2D eigenvalue weighted by Crippen LogP contribution is -2.35. The van der Waals surface area contributed by atoms with E-state index in [9.17, 15) is 9.18 Å². The van der Waals surface area contributed by atoms with Crippen molar-refractivity contribution >= 4 is 34.1 Å². The second-order valence-corrected chi connectivity index (χ2v) is 5.65. The van der Waals surface area contributed by atoms with Gasteiger partial charge in [-0.3, -0.25) is 4.79 Å². The molecule has 1 aromatic carbocycles. The minimum atomic E-state index is -0.616. The van der Waals surface area contributed by atoms with Crippen molar-refractivity contribution in [3.63, 3.8) is 0 Å². The predicted molar refractivity (Wildman–Crippen MR) is 82.9 cm³/mol. The van der Waals surface area contributed by atoms with E-state index < -0.39 is 5.95 Å². The minimum absolute atomic E-state index is 0.0270. The van der Waals surface area contributed by atoms with Crippen LogP contribution in [0.25, 0.3) is 10.9 Å². The van der Waals surface area contributed by atoms with Crippen LogP contribution in [0, 0.1) is 5.95 Å². The van der Waals surface area contributed by atoms with E-state index in [1.54, 1.807) is 4.90 Å². The van der Waals surface area contributed by atoms with Crippen LogP contribution in [0.4, 0.5) is 10.2 Å². The molecule has 3 heterocycles. The molecule has 0 bridgehead atoms. The van der Waals surface area contributed by atoms with E-state index in [1.807, 2.05) is 24.3 Å². The smallest absolute Gasteiger partial charge is 0.214 e. The highest BCUT2D eigenvalue weighted by Gasteiger charge is 2.28. The zero-order valence-electron chi connectivity index (χ0n) is 11.4. The summed E-state index contributed by atoms with van der Waals surface area (Å²) in [5.74, 6) is -0.352. The number of ketones is 1. The van der Waals surface area contributed by atoms with Crippen LogP contribution >= 0.6 is 11.6 Å². The first-order chi connectivity index (χ1) is 10.6. The summed E-state index contributed by atoms with van der Waals surface area (Å²) < 4.78 is 13.4. The number of aromatic amines is 1. The second-order valence-electron chi connectivity index (χ2n) is 5.24. The molecular weight excluding hydrogens is 305 g/mol. The van der Waals surface area contributed by atoms with Crippen LogP contribution in [0.2, 0.25) is 5.02 Å². The number of pyridine rings is 1. The van der Waals surface area contributed by atoms with E-state index in [0.717, 1.165) is 16.6 Å². The van der Waals surface area contributed by atoms with Crippen molar-refractivity contribution in [1.82, 2.24) is 9.97 Å². The van der Waals surface area contributed by atoms with Gasteiger partial charge in [-0.15, -0.1) is 0 Å². The molecule has 6 heteroatoms. The van der Waals surface area contributed by atoms with E-state index in [1.165, 1.54) is 12.1 Å². The Hall–Kier alpha value is -2.40. The summed E-state index contributed by atoms with van der Waals surface area (Å²) in [6.07, 6.45) is 0. The molecule has 3 aromatic rings. The number of halogens is 2.